The lowest BCUT2D eigenvalue weighted by atomic mass is 10.1. The Labute approximate surface area is 146 Å². The Morgan fingerprint density at radius 1 is 1.00 bits per heavy atom. The zero-order valence-electron chi connectivity index (χ0n) is 14.1. The largest absolute Gasteiger partial charge is 0.493 e. The molecule has 0 fully saturated rings. The molecule has 0 aromatic heterocycles. The first-order chi connectivity index (χ1) is 11.4. The summed E-state index contributed by atoms with van der Waals surface area (Å²) in [6.07, 6.45) is 0. The maximum Gasteiger partial charge on any atom is 0.267 e. The number of amides is 1. The second-order valence-electron chi connectivity index (χ2n) is 5.59. The molecular weight excluding hydrogens is 330 g/mol. The van der Waals surface area contributed by atoms with Crippen molar-refractivity contribution in [2.45, 2.75) is 19.4 Å². The first-order valence-electron chi connectivity index (χ1n) is 7.34. The molecule has 0 atom stereocenters. The number of rotatable bonds is 6. The summed E-state index contributed by atoms with van der Waals surface area (Å²) in [5.41, 5.74) is -0.480. The van der Waals surface area contributed by atoms with E-state index in [1.807, 2.05) is 0 Å². The first kappa shape index (κ1) is 17.9. The summed E-state index contributed by atoms with van der Waals surface area (Å²) in [5.74, 6) is 1.40. The minimum atomic E-state index is -1.07. The van der Waals surface area contributed by atoms with Crippen LogP contribution in [-0.4, -0.2) is 25.7 Å². The number of carbonyl (C=O) groups excluding carboxylic acids is 1. The average molecular weight is 350 g/mol. The summed E-state index contributed by atoms with van der Waals surface area (Å²) in [4.78, 5) is 12.5. The molecular formula is C18H20ClNO4. The van der Waals surface area contributed by atoms with Crippen LogP contribution in [-0.2, 0) is 4.79 Å². The number of halogens is 1. The molecule has 0 aliphatic heterocycles. The maximum atomic E-state index is 12.5. The van der Waals surface area contributed by atoms with Gasteiger partial charge >= 0.3 is 0 Å². The molecule has 2 rings (SSSR count). The second kappa shape index (κ2) is 7.45. The van der Waals surface area contributed by atoms with Gasteiger partial charge in [0.15, 0.2) is 17.1 Å². The summed E-state index contributed by atoms with van der Waals surface area (Å²) in [7, 11) is 3.09. The van der Waals surface area contributed by atoms with Crippen LogP contribution in [0.1, 0.15) is 13.8 Å². The minimum absolute atomic E-state index is 0.287. The van der Waals surface area contributed by atoms with E-state index in [1.165, 1.54) is 7.11 Å². The van der Waals surface area contributed by atoms with Gasteiger partial charge in [0.25, 0.3) is 5.91 Å². The van der Waals surface area contributed by atoms with Crippen molar-refractivity contribution in [2.24, 2.45) is 0 Å². The Morgan fingerprint density at radius 3 is 2.21 bits per heavy atom. The topological polar surface area (TPSA) is 56.8 Å². The van der Waals surface area contributed by atoms with Gasteiger partial charge in [-0.2, -0.15) is 0 Å². The predicted molar refractivity (Wildman–Crippen MR) is 94.3 cm³/mol. The van der Waals surface area contributed by atoms with E-state index in [9.17, 15) is 4.79 Å². The van der Waals surface area contributed by atoms with Crippen molar-refractivity contribution in [3.05, 3.63) is 47.5 Å². The Morgan fingerprint density at radius 2 is 1.62 bits per heavy atom. The van der Waals surface area contributed by atoms with Crippen molar-refractivity contribution in [2.75, 3.05) is 19.5 Å². The molecule has 0 saturated carbocycles. The molecule has 2 aromatic rings. The lowest BCUT2D eigenvalue weighted by Crippen LogP contribution is -2.42. The number of benzene rings is 2. The van der Waals surface area contributed by atoms with Crippen LogP contribution in [0.2, 0.25) is 5.02 Å². The van der Waals surface area contributed by atoms with Gasteiger partial charge in [0.05, 0.1) is 14.2 Å². The molecule has 2 aromatic carbocycles. The molecule has 0 spiro atoms. The van der Waals surface area contributed by atoms with Gasteiger partial charge in [-0.25, -0.2) is 0 Å². The highest BCUT2D eigenvalue weighted by Gasteiger charge is 2.30. The SMILES string of the molecule is COc1ccc(NC(=O)C(C)(C)Oc2ccc(Cl)cc2)cc1OC. The van der Waals surface area contributed by atoms with Gasteiger partial charge in [-0.1, -0.05) is 11.6 Å². The van der Waals surface area contributed by atoms with E-state index in [-0.39, 0.29) is 5.91 Å². The molecule has 1 N–H and O–H groups in total. The van der Waals surface area contributed by atoms with Crippen LogP contribution in [0.15, 0.2) is 42.5 Å². The molecule has 24 heavy (non-hydrogen) atoms. The maximum absolute atomic E-state index is 12.5. The Hall–Kier alpha value is -2.40. The molecule has 0 bridgehead atoms. The van der Waals surface area contributed by atoms with Crippen molar-refractivity contribution in [3.63, 3.8) is 0 Å². The summed E-state index contributed by atoms with van der Waals surface area (Å²) >= 11 is 5.85. The van der Waals surface area contributed by atoms with Crippen molar-refractivity contribution >= 4 is 23.2 Å². The number of hydrogen-bond acceptors (Lipinski definition) is 4. The first-order valence-corrected chi connectivity index (χ1v) is 7.71. The van der Waals surface area contributed by atoms with Crippen molar-refractivity contribution in [1.29, 1.82) is 0 Å². The lowest BCUT2D eigenvalue weighted by Gasteiger charge is -2.25. The van der Waals surface area contributed by atoms with Crippen LogP contribution in [0, 0.1) is 0 Å². The third kappa shape index (κ3) is 4.32. The van der Waals surface area contributed by atoms with Gasteiger partial charge in [-0.15, -0.1) is 0 Å². The number of ether oxygens (including phenoxy) is 3. The van der Waals surface area contributed by atoms with Crippen LogP contribution >= 0.6 is 11.6 Å². The van der Waals surface area contributed by atoms with Gasteiger partial charge in [0.2, 0.25) is 0 Å². The Balaban J connectivity index is 2.11. The fourth-order valence-corrected chi connectivity index (χ4v) is 2.17. The molecule has 0 saturated heterocycles. The zero-order chi connectivity index (χ0) is 17.7. The highest BCUT2D eigenvalue weighted by Crippen LogP contribution is 2.30. The number of carbonyl (C=O) groups is 1. The number of hydrogen-bond donors (Lipinski definition) is 1. The average Bonchev–Trinajstić information content (AvgIpc) is 2.56. The van der Waals surface area contributed by atoms with E-state index in [0.29, 0.717) is 28.0 Å². The summed E-state index contributed by atoms with van der Waals surface area (Å²) < 4.78 is 16.2. The van der Waals surface area contributed by atoms with Crippen molar-refractivity contribution in [1.82, 2.24) is 0 Å². The van der Waals surface area contributed by atoms with Gasteiger partial charge < -0.3 is 19.5 Å². The third-order valence-electron chi connectivity index (χ3n) is 3.37. The van der Waals surface area contributed by atoms with Gasteiger partial charge in [0, 0.05) is 16.8 Å². The number of anilines is 1. The fraction of sp³-hybridized carbons (Fsp3) is 0.278. The van der Waals surface area contributed by atoms with E-state index in [1.54, 1.807) is 63.4 Å². The summed E-state index contributed by atoms with van der Waals surface area (Å²) in [5, 5.41) is 3.42. The smallest absolute Gasteiger partial charge is 0.267 e. The van der Waals surface area contributed by atoms with Crippen LogP contribution < -0.4 is 19.5 Å². The van der Waals surface area contributed by atoms with Crippen LogP contribution in [0.5, 0.6) is 17.2 Å². The molecule has 6 heteroatoms. The standard InChI is InChI=1S/C18H20ClNO4/c1-18(2,24-14-8-5-12(19)6-9-14)17(21)20-13-7-10-15(22-3)16(11-13)23-4/h5-11H,1-4H3,(H,20,21). The van der Waals surface area contributed by atoms with Crippen LogP contribution in [0.3, 0.4) is 0 Å². The van der Waals surface area contributed by atoms with Crippen LogP contribution in [0.25, 0.3) is 0 Å². The summed E-state index contributed by atoms with van der Waals surface area (Å²) in [6.45, 7) is 3.38. The minimum Gasteiger partial charge on any atom is -0.493 e. The van der Waals surface area contributed by atoms with Crippen molar-refractivity contribution in [3.8, 4) is 17.2 Å². The van der Waals surface area contributed by atoms with Gasteiger partial charge in [0.1, 0.15) is 5.75 Å². The third-order valence-corrected chi connectivity index (χ3v) is 3.63. The molecule has 0 radical (unpaired) electrons. The van der Waals surface area contributed by atoms with E-state index in [4.69, 9.17) is 25.8 Å². The number of methoxy groups -OCH3 is 2. The quantitative estimate of drug-likeness (QED) is 0.851. The van der Waals surface area contributed by atoms with E-state index < -0.39 is 5.60 Å². The lowest BCUT2D eigenvalue weighted by molar-refractivity contribution is -0.128. The molecule has 0 heterocycles. The molecule has 5 nitrogen and oxygen atoms in total. The monoisotopic (exact) mass is 349 g/mol. The summed E-state index contributed by atoms with van der Waals surface area (Å²) in [6, 6.07) is 12.0. The molecule has 0 aliphatic carbocycles. The number of nitrogens with one attached hydrogen (secondary N) is 1. The molecule has 0 unspecified atom stereocenters. The van der Waals surface area contributed by atoms with Gasteiger partial charge in [-0.3, -0.25) is 4.79 Å². The Bertz CT molecular complexity index is 713. The van der Waals surface area contributed by atoms with Gasteiger partial charge in [-0.05, 0) is 50.2 Å². The highest BCUT2D eigenvalue weighted by atomic mass is 35.5. The highest BCUT2D eigenvalue weighted by molar-refractivity contribution is 6.30. The predicted octanol–water partition coefficient (Wildman–Crippen LogP) is 4.15. The zero-order valence-corrected chi connectivity index (χ0v) is 14.8. The van der Waals surface area contributed by atoms with E-state index in [0.717, 1.165) is 0 Å². The van der Waals surface area contributed by atoms with E-state index in [2.05, 4.69) is 5.32 Å². The van der Waals surface area contributed by atoms with Crippen molar-refractivity contribution < 1.29 is 19.0 Å². The molecule has 0 aliphatic rings. The molecule has 1 amide bonds. The Kier molecular flexibility index (Phi) is 5.57. The molecule has 128 valence electrons. The second-order valence-corrected chi connectivity index (χ2v) is 6.03. The van der Waals surface area contributed by atoms with E-state index >= 15 is 0 Å². The fourth-order valence-electron chi connectivity index (χ4n) is 2.04. The normalized spacial score (nSPS) is 10.9. The van der Waals surface area contributed by atoms with Crippen LogP contribution in [0.4, 0.5) is 5.69 Å².